The molecular formula is C14H28N2O4S. The molecule has 0 amide bonds. The fourth-order valence-electron chi connectivity index (χ4n) is 3.22. The lowest BCUT2D eigenvalue weighted by molar-refractivity contribution is -0.148. The molecule has 0 saturated carbocycles. The van der Waals surface area contributed by atoms with Gasteiger partial charge in [0.1, 0.15) is 0 Å². The number of hydrogen-bond donors (Lipinski definition) is 0. The first kappa shape index (κ1) is 17.1. The van der Waals surface area contributed by atoms with Crippen LogP contribution in [-0.2, 0) is 19.7 Å². The highest BCUT2D eigenvalue weighted by molar-refractivity contribution is 7.86. The number of piperidine rings is 1. The first-order chi connectivity index (χ1) is 9.78. The minimum absolute atomic E-state index is 0.110. The summed E-state index contributed by atoms with van der Waals surface area (Å²) in [6.45, 7) is 6.36. The van der Waals surface area contributed by atoms with E-state index in [2.05, 4.69) is 0 Å². The van der Waals surface area contributed by atoms with E-state index in [0.29, 0.717) is 19.7 Å². The second-order valence-corrected chi connectivity index (χ2v) is 8.74. The number of nitrogens with zero attached hydrogens (tertiary/aromatic N) is 2. The molecule has 2 atom stereocenters. The van der Waals surface area contributed by atoms with Crippen LogP contribution < -0.4 is 0 Å². The van der Waals surface area contributed by atoms with Gasteiger partial charge in [0.25, 0.3) is 10.2 Å². The third-order valence-corrected chi connectivity index (χ3v) is 6.33. The summed E-state index contributed by atoms with van der Waals surface area (Å²) in [4.78, 5) is 0. The van der Waals surface area contributed by atoms with E-state index >= 15 is 0 Å². The highest BCUT2D eigenvalue weighted by atomic mass is 32.2. The van der Waals surface area contributed by atoms with E-state index in [1.807, 2.05) is 13.8 Å². The van der Waals surface area contributed by atoms with Crippen molar-refractivity contribution in [1.82, 2.24) is 8.61 Å². The number of fused-ring (bicyclic) bond motifs is 1. The molecule has 2 aliphatic rings. The number of hydrogen-bond acceptors (Lipinski definition) is 4. The smallest absolute Gasteiger partial charge is 0.281 e. The van der Waals surface area contributed by atoms with Crippen LogP contribution in [0.15, 0.2) is 0 Å². The molecule has 0 unspecified atom stereocenters. The van der Waals surface area contributed by atoms with Crippen LogP contribution in [-0.4, -0.2) is 69.6 Å². The van der Waals surface area contributed by atoms with Gasteiger partial charge in [-0.2, -0.15) is 17.0 Å². The Morgan fingerprint density at radius 1 is 1.43 bits per heavy atom. The van der Waals surface area contributed by atoms with Gasteiger partial charge in [-0.25, -0.2) is 0 Å². The minimum atomic E-state index is -3.37. The van der Waals surface area contributed by atoms with Crippen molar-refractivity contribution in [3.05, 3.63) is 0 Å². The maximum atomic E-state index is 12.4. The van der Waals surface area contributed by atoms with Crippen LogP contribution in [0.5, 0.6) is 0 Å². The van der Waals surface area contributed by atoms with Crippen molar-refractivity contribution in [3.8, 4) is 0 Å². The standard InChI is InChI=1S/C14H28N2O4S/c1-12(2)20-11-14-7-5-9-19-13(14)6-8-16(10-14)21(17,18)15(3)4/h12-13H,5-11H2,1-4H3/t13-,14-/m0/s1. The molecule has 2 heterocycles. The topological polar surface area (TPSA) is 59.1 Å². The zero-order valence-corrected chi connectivity index (χ0v) is 14.4. The van der Waals surface area contributed by atoms with Crippen molar-refractivity contribution in [2.75, 3.05) is 40.4 Å². The molecule has 0 spiro atoms. The van der Waals surface area contributed by atoms with E-state index in [4.69, 9.17) is 9.47 Å². The van der Waals surface area contributed by atoms with E-state index in [0.717, 1.165) is 25.9 Å². The van der Waals surface area contributed by atoms with Crippen LogP contribution >= 0.6 is 0 Å². The van der Waals surface area contributed by atoms with Crippen LogP contribution in [0.2, 0.25) is 0 Å². The summed E-state index contributed by atoms with van der Waals surface area (Å²) in [6, 6.07) is 0. The largest absolute Gasteiger partial charge is 0.378 e. The lowest BCUT2D eigenvalue weighted by Gasteiger charge is -2.50. The molecule has 0 aliphatic carbocycles. The molecule has 0 aromatic heterocycles. The number of rotatable bonds is 5. The predicted octanol–water partition coefficient (Wildman–Crippen LogP) is 1.09. The van der Waals surface area contributed by atoms with Gasteiger partial charge < -0.3 is 9.47 Å². The van der Waals surface area contributed by atoms with Gasteiger partial charge in [-0.1, -0.05) is 0 Å². The Kier molecular flexibility index (Phi) is 5.31. The molecule has 0 radical (unpaired) electrons. The van der Waals surface area contributed by atoms with Gasteiger partial charge in [-0.05, 0) is 33.1 Å². The molecule has 2 fully saturated rings. The van der Waals surface area contributed by atoms with Crippen molar-refractivity contribution in [2.45, 2.75) is 45.3 Å². The molecule has 0 aromatic rings. The molecule has 2 saturated heterocycles. The van der Waals surface area contributed by atoms with E-state index in [-0.39, 0.29) is 17.6 Å². The van der Waals surface area contributed by atoms with Crippen molar-refractivity contribution in [3.63, 3.8) is 0 Å². The van der Waals surface area contributed by atoms with Gasteiger partial charge in [-0.15, -0.1) is 0 Å². The predicted molar refractivity (Wildman–Crippen MR) is 81.3 cm³/mol. The van der Waals surface area contributed by atoms with Crippen LogP contribution in [0.4, 0.5) is 0 Å². The molecule has 7 heteroatoms. The Bertz CT molecular complexity index is 452. The quantitative estimate of drug-likeness (QED) is 0.761. The van der Waals surface area contributed by atoms with Gasteiger partial charge in [-0.3, -0.25) is 0 Å². The molecule has 21 heavy (non-hydrogen) atoms. The van der Waals surface area contributed by atoms with Crippen molar-refractivity contribution >= 4 is 10.2 Å². The monoisotopic (exact) mass is 320 g/mol. The molecule has 124 valence electrons. The second-order valence-electron chi connectivity index (χ2n) is 6.60. The third-order valence-electron chi connectivity index (χ3n) is 4.44. The summed E-state index contributed by atoms with van der Waals surface area (Å²) < 4.78 is 39.5. The maximum Gasteiger partial charge on any atom is 0.281 e. The average Bonchev–Trinajstić information content (AvgIpc) is 2.44. The Labute approximate surface area is 128 Å². The maximum absolute atomic E-state index is 12.4. The Morgan fingerprint density at radius 3 is 2.76 bits per heavy atom. The van der Waals surface area contributed by atoms with Gasteiger partial charge in [0, 0.05) is 39.2 Å². The lowest BCUT2D eigenvalue weighted by Crippen LogP contribution is -2.59. The van der Waals surface area contributed by atoms with Crippen molar-refractivity contribution in [2.24, 2.45) is 5.41 Å². The normalized spacial score (nSPS) is 31.6. The Morgan fingerprint density at radius 2 is 2.14 bits per heavy atom. The van der Waals surface area contributed by atoms with Crippen molar-refractivity contribution in [1.29, 1.82) is 0 Å². The highest BCUT2D eigenvalue weighted by Gasteiger charge is 2.49. The van der Waals surface area contributed by atoms with E-state index < -0.39 is 10.2 Å². The number of ether oxygens (including phenoxy) is 2. The summed E-state index contributed by atoms with van der Waals surface area (Å²) >= 11 is 0. The fourth-order valence-corrected chi connectivity index (χ4v) is 4.44. The molecule has 2 aliphatic heterocycles. The van der Waals surface area contributed by atoms with Crippen molar-refractivity contribution < 1.29 is 17.9 Å². The Hall–Kier alpha value is -0.210. The molecular weight excluding hydrogens is 292 g/mol. The summed E-state index contributed by atoms with van der Waals surface area (Å²) in [5, 5.41) is 0. The molecule has 0 aromatic carbocycles. The van der Waals surface area contributed by atoms with Gasteiger partial charge in [0.15, 0.2) is 0 Å². The summed E-state index contributed by atoms with van der Waals surface area (Å²) in [5.74, 6) is 0. The molecule has 2 rings (SSSR count). The van der Waals surface area contributed by atoms with Crippen LogP contribution in [0, 0.1) is 5.41 Å². The first-order valence-electron chi connectivity index (χ1n) is 7.69. The fraction of sp³-hybridized carbons (Fsp3) is 1.00. The minimum Gasteiger partial charge on any atom is -0.378 e. The third kappa shape index (κ3) is 3.59. The van der Waals surface area contributed by atoms with Gasteiger partial charge >= 0.3 is 0 Å². The van der Waals surface area contributed by atoms with E-state index in [1.165, 1.54) is 4.31 Å². The summed E-state index contributed by atoms with van der Waals surface area (Å²) in [7, 11) is -0.213. The first-order valence-corrected chi connectivity index (χ1v) is 9.08. The van der Waals surface area contributed by atoms with Gasteiger partial charge in [0.2, 0.25) is 0 Å². The van der Waals surface area contributed by atoms with Crippen LogP contribution in [0.25, 0.3) is 0 Å². The average molecular weight is 320 g/mol. The van der Waals surface area contributed by atoms with Crippen LogP contribution in [0.3, 0.4) is 0 Å². The highest BCUT2D eigenvalue weighted by Crippen LogP contribution is 2.41. The lowest BCUT2D eigenvalue weighted by atomic mass is 9.73. The second kappa shape index (κ2) is 6.50. The SMILES string of the molecule is CC(C)OC[C@@]12CCCO[C@H]1CCN(S(=O)(=O)N(C)C)C2. The molecule has 6 nitrogen and oxygen atoms in total. The zero-order chi connectivity index (χ0) is 15.7. The van der Waals surface area contributed by atoms with E-state index in [1.54, 1.807) is 18.4 Å². The van der Waals surface area contributed by atoms with Crippen LogP contribution in [0.1, 0.15) is 33.1 Å². The zero-order valence-electron chi connectivity index (χ0n) is 13.5. The molecule has 0 bridgehead atoms. The van der Waals surface area contributed by atoms with Gasteiger partial charge in [0.05, 0.1) is 18.8 Å². The summed E-state index contributed by atoms with van der Waals surface area (Å²) in [5.41, 5.74) is -0.205. The van der Waals surface area contributed by atoms with E-state index in [9.17, 15) is 8.42 Å². The summed E-state index contributed by atoms with van der Waals surface area (Å²) in [6.07, 6.45) is 2.92. The Balaban J connectivity index is 2.19. The molecule has 0 N–H and O–H groups in total.